The van der Waals surface area contributed by atoms with Crippen LogP contribution >= 0.6 is 11.6 Å². The number of aliphatic hydroxyl groups is 1. The van der Waals surface area contributed by atoms with Crippen LogP contribution < -0.4 is 10.9 Å². The minimum Gasteiger partial charge on any atom is -0.465 e. The molecule has 1 atom stereocenters. The molecule has 0 aliphatic heterocycles. The molecule has 112 valence electrons. The van der Waals surface area contributed by atoms with Gasteiger partial charge in [-0.25, -0.2) is 4.79 Å². The predicted octanol–water partition coefficient (Wildman–Crippen LogP) is 1.76. The molecule has 21 heavy (non-hydrogen) atoms. The number of aromatic amines is 1. The van der Waals surface area contributed by atoms with Crippen molar-refractivity contribution in [3.63, 3.8) is 0 Å². The average Bonchev–Trinajstić information content (AvgIpc) is 2.44. The van der Waals surface area contributed by atoms with E-state index in [4.69, 9.17) is 11.6 Å². The minimum absolute atomic E-state index is 0.145. The van der Waals surface area contributed by atoms with Crippen LogP contribution in [-0.2, 0) is 4.74 Å². The first-order valence-corrected chi connectivity index (χ1v) is 6.68. The summed E-state index contributed by atoms with van der Waals surface area (Å²) in [5.74, 6) is -0.758. The van der Waals surface area contributed by atoms with Crippen LogP contribution in [0.4, 0.5) is 5.69 Å². The van der Waals surface area contributed by atoms with Crippen LogP contribution in [0.15, 0.2) is 23.0 Å². The molecule has 0 aliphatic carbocycles. The highest BCUT2D eigenvalue weighted by atomic mass is 35.5. The zero-order valence-electron chi connectivity index (χ0n) is 11.6. The van der Waals surface area contributed by atoms with E-state index in [-0.39, 0.29) is 12.1 Å². The molecule has 0 saturated carbocycles. The number of nitrogens with one attached hydrogen (secondary N) is 2. The van der Waals surface area contributed by atoms with Crippen molar-refractivity contribution in [2.24, 2.45) is 0 Å². The summed E-state index contributed by atoms with van der Waals surface area (Å²) < 4.78 is 4.65. The van der Waals surface area contributed by atoms with Gasteiger partial charge < -0.3 is 20.1 Å². The molecule has 1 aromatic heterocycles. The van der Waals surface area contributed by atoms with E-state index in [9.17, 15) is 14.7 Å². The Labute approximate surface area is 125 Å². The molecular weight excluding hydrogens is 296 g/mol. The van der Waals surface area contributed by atoms with E-state index in [0.717, 1.165) is 0 Å². The third-order valence-electron chi connectivity index (χ3n) is 2.96. The van der Waals surface area contributed by atoms with Gasteiger partial charge in [0.25, 0.3) is 5.56 Å². The third kappa shape index (κ3) is 3.01. The topological polar surface area (TPSA) is 91.4 Å². The molecule has 0 saturated heterocycles. The quantitative estimate of drug-likeness (QED) is 0.749. The average molecular weight is 311 g/mol. The zero-order chi connectivity index (χ0) is 15.6. The number of hydrogen-bond donors (Lipinski definition) is 3. The van der Waals surface area contributed by atoms with Crippen LogP contribution in [0.2, 0.25) is 5.02 Å². The number of anilines is 1. The van der Waals surface area contributed by atoms with Crippen molar-refractivity contribution in [3.8, 4) is 0 Å². The molecular formula is C14H15ClN2O4. The van der Waals surface area contributed by atoms with Gasteiger partial charge in [0.15, 0.2) is 0 Å². The summed E-state index contributed by atoms with van der Waals surface area (Å²) in [6.07, 6.45) is -0.649. The molecule has 2 rings (SSSR count). The fourth-order valence-electron chi connectivity index (χ4n) is 2.01. The first-order chi connectivity index (χ1) is 9.95. The number of para-hydroxylation sites is 1. The molecule has 1 heterocycles. The standard InChI is InChI=1S/C14H15ClN2O4/c1-7(18)6-16-12-8-4-3-5-9(15)11(8)17-13(19)10(12)14(20)21-2/h3-5,7,18H,6H2,1-2H3,(H2,16,17,19)/t7-/m1/s1. The number of aliphatic hydroxyl groups excluding tert-OH is 1. The summed E-state index contributed by atoms with van der Waals surface area (Å²) in [6, 6.07) is 5.06. The maximum Gasteiger partial charge on any atom is 0.345 e. The lowest BCUT2D eigenvalue weighted by atomic mass is 10.1. The normalized spacial score (nSPS) is 12.2. The van der Waals surface area contributed by atoms with Gasteiger partial charge in [-0.15, -0.1) is 0 Å². The monoisotopic (exact) mass is 310 g/mol. The Hall–Kier alpha value is -2.05. The summed E-state index contributed by atoms with van der Waals surface area (Å²) >= 11 is 6.07. The largest absolute Gasteiger partial charge is 0.465 e. The first kappa shape index (κ1) is 15.3. The fourth-order valence-corrected chi connectivity index (χ4v) is 2.24. The lowest BCUT2D eigenvalue weighted by Gasteiger charge is -2.15. The maximum absolute atomic E-state index is 12.1. The van der Waals surface area contributed by atoms with Gasteiger partial charge in [0, 0.05) is 11.9 Å². The fraction of sp³-hybridized carbons (Fsp3) is 0.286. The molecule has 3 N–H and O–H groups in total. The molecule has 0 aliphatic rings. The summed E-state index contributed by atoms with van der Waals surface area (Å²) in [6.45, 7) is 1.77. The lowest BCUT2D eigenvalue weighted by Crippen LogP contribution is -2.24. The number of rotatable bonds is 4. The van der Waals surface area contributed by atoms with Crippen molar-refractivity contribution in [3.05, 3.63) is 39.1 Å². The number of carbonyl (C=O) groups excluding carboxylic acids is 1. The molecule has 1 aromatic carbocycles. The molecule has 0 fully saturated rings. The number of ether oxygens (including phenoxy) is 1. The molecule has 6 nitrogen and oxygen atoms in total. The van der Waals surface area contributed by atoms with Crippen LogP contribution in [0.3, 0.4) is 0 Å². The van der Waals surface area contributed by atoms with Crippen molar-refractivity contribution >= 4 is 34.2 Å². The number of hydrogen-bond acceptors (Lipinski definition) is 5. The number of fused-ring (bicyclic) bond motifs is 1. The van der Waals surface area contributed by atoms with Crippen molar-refractivity contribution in [2.75, 3.05) is 19.0 Å². The molecule has 7 heteroatoms. The van der Waals surface area contributed by atoms with Gasteiger partial charge in [-0.2, -0.15) is 0 Å². The van der Waals surface area contributed by atoms with Gasteiger partial charge in [-0.3, -0.25) is 4.79 Å². The molecule has 0 bridgehead atoms. The smallest absolute Gasteiger partial charge is 0.345 e. The van der Waals surface area contributed by atoms with Crippen molar-refractivity contribution in [2.45, 2.75) is 13.0 Å². The van der Waals surface area contributed by atoms with Crippen LogP contribution in [0.25, 0.3) is 10.9 Å². The Bertz CT molecular complexity index is 740. The number of H-pyrrole nitrogens is 1. The SMILES string of the molecule is COC(=O)c1c(NC[C@@H](C)O)c2cccc(Cl)c2[nH]c1=O. The number of aromatic nitrogens is 1. The van der Waals surface area contributed by atoms with E-state index >= 15 is 0 Å². The van der Waals surface area contributed by atoms with E-state index in [0.29, 0.717) is 21.6 Å². The van der Waals surface area contributed by atoms with Crippen molar-refractivity contribution < 1.29 is 14.6 Å². The maximum atomic E-state index is 12.1. The second-order valence-electron chi connectivity index (χ2n) is 4.59. The van der Waals surface area contributed by atoms with Gasteiger partial charge in [0.1, 0.15) is 5.56 Å². The van der Waals surface area contributed by atoms with Gasteiger partial charge in [0.05, 0.1) is 29.4 Å². The van der Waals surface area contributed by atoms with E-state index in [1.807, 2.05) is 0 Å². The summed E-state index contributed by atoms with van der Waals surface area (Å²) in [5, 5.41) is 13.2. The third-order valence-corrected chi connectivity index (χ3v) is 3.28. The number of halogens is 1. The summed E-state index contributed by atoms with van der Waals surface area (Å²) in [4.78, 5) is 26.6. The van der Waals surface area contributed by atoms with Crippen LogP contribution in [-0.4, -0.2) is 35.8 Å². The van der Waals surface area contributed by atoms with Gasteiger partial charge in [0.2, 0.25) is 0 Å². The Morgan fingerprint density at radius 3 is 2.86 bits per heavy atom. The van der Waals surface area contributed by atoms with Gasteiger partial charge in [-0.05, 0) is 13.0 Å². The van der Waals surface area contributed by atoms with Gasteiger partial charge >= 0.3 is 5.97 Å². The number of benzene rings is 1. The molecule has 0 amide bonds. The second kappa shape index (κ2) is 6.15. The van der Waals surface area contributed by atoms with Crippen LogP contribution in [0.5, 0.6) is 0 Å². The number of methoxy groups -OCH3 is 1. The molecule has 0 unspecified atom stereocenters. The highest BCUT2D eigenvalue weighted by molar-refractivity contribution is 6.35. The minimum atomic E-state index is -0.758. The van der Waals surface area contributed by atoms with Crippen molar-refractivity contribution in [1.29, 1.82) is 0 Å². The molecule has 2 aromatic rings. The summed E-state index contributed by atoms with van der Waals surface area (Å²) in [5.41, 5.74) is -0.0302. The Morgan fingerprint density at radius 2 is 2.24 bits per heavy atom. The Morgan fingerprint density at radius 1 is 1.52 bits per heavy atom. The van der Waals surface area contributed by atoms with E-state index in [1.54, 1.807) is 25.1 Å². The highest BCUT2D eigenvalue weighted by Gasteiger charge is 2.21. The highest BCUT2D eigenvalue weighted by Crippen LogP contribution is 2.28. The van der Waals surface area contributed by atoms with Crippen molar-refractivity contribution in [1.82, 2.24) is 4.98 Å². The number of pyridine rings is 1. The Kier molecular flexibility index (Phi) is 4.50. The Balaban J connectivity index is 2.75. The van der Waals surface area contributed by atoms with Crippen LogP contribution in [0, 0.1) is 0 Å². The summed E-state index contributed by atoms with van der Waals surface area (Å²) in [7, 11) is 1.20. The predicted molar refractivity (Wildman–Crippen MR) is 81.1 cm³/mol. The van der Waals surface area contributed by atoms with E-state index in [1.165, 1.54) is 7.11 Å². The lowest BCUT2D eigenvalue weighted by molar-refractivity contribution is 0.0600. The van der Waals surface area contributed by atoms with Gasteiger partial charge in [-0.1, -0.05) is 23.7 Å². The second-order valence-corrected chi connectivity index (χ2v) is 5.00. The first-order valence-electron chi connectivity index (χ1n) is 6.30. The molecule has 0 spiro atoms. The molecule has 0 radical (unpaired) electrons. The van der Waals surface area contributed by atoms with Crippen LogP contribution in [0.1, 0.15) is 17.3 Å². The van der Waals surface area contributed by atoms with E-state index in [2.05, 4.69) is 15.0 Å². The number of esters is 1. The number of carbonyl (C=O) groups is 1. The van der Waals surface area contributed by atoms with E-state index < -0.39 is 17.6 Å². The zero-order valence-corrected chi connectivity index (χ0v) is 12.3.